The van der Waals surface area contributed by atoms with Crippen molar-refractivity contribution in [3.8, 4) is 0 Å². The zero-order valence-electron chi connectivity index (χ0n) is 10.3. The first kappa shape index (κ1) is 14.4. The Hall–Kier alpha value is -0.553. The van der Waals surface area contributed by atoms with Crippen LogP contribution in [0.15, 0.2) is 0 Å². The lowest BCUT2D eigenvalue weighted by Gasteiger charge is -2.22. The summed E-state index contributed by atoms with van der Waals surface area (Å²) < 4.78 is 15.3. The fourth-order valence-electron chi connectivity index (χ4n) is 0.991. The van der Waals surface area contributed by atoms with E-state index in [0.29, 0.717) is 6.61 Å². The van der Waals surface area contributed by atoms with Crippen LogP contribution in [0.1, 0.15) is 26.7 Å². The van der Waals surface area contributed by atoms with Gasteiger partial charge in [0.15, 0.2) is 14.6 Å². The third-order valence-corrected chi connectivity index (χ3v) is 2.54. The molecule has 0 heterocycles. The van der Waals surface area contributed by atoms with E-state index < -0.39 is 20.8 Å². The largest absolute Gasteiger partial charge is 0.510 e. The van der Waals surface area contributed by atoms with E-state index in [-0.39, 0.29) is 0 Å². The Kier molecular flexibility index (Phi) is 6.59. The highest BCUT2D eigenvalue weighted by atomic mass is 28.4. The molecule has 0 rings (SSSR count). The molecule has 0 fully saturated rings. The van der Waals surface area contributed by atoms with Gasteiger partial charge in [0.25, 0.3) is 0 Å². The van der Waals surface area contributed by atoms with Crippen LogP contribution in [-0.2, 0) is 13.9 Å². The van der Waals surface area contributed by atoms with Crippen LogP contribution in [0.2, 0.25) is 19.6 Å². The molecular formula is C10H22O4Si. The van der Waals surface area contributed by atoms with Gasteiger partial charge in [0, 0.05) is 0 Å². The van der Waals surface area contributed by atoms with E-state index in [1.54, 1.807) is 6.92 Å². The summed E-state index contributed by atoms with van der Waals surface area (Å²) in [6.07, 6.45) is 0.687. The average Bonchev–Trinajstić information content (AvgIpc) is 2.00. The zero-order valence-corrected chi connectivity index (χ0v) is 11.3. The summed E-state index contributed by atoms with van der Waals surface area (Å²) in [5.41, 5.74) is 0. The van der Waals surface area contributed by atoms with Gasteiger partial charge in [-0.1, -0.05) is 13.3 Å². The summed E-state index contributed by atoms with van der Waals surface area (Å²) in [5.74, 6) is 0. The molecule has 5 heteroatoms. The standard InChI is InChI=1S/C10H22O4Si/c1-6-7-8-12-10(11)13-9(2)14-15(3,4)5/h9H,6-8H2,1-5H3. The van der Waals surface area contributed by atoms with E-state index in [1.807, 2.05) is 26.6 Å². The van der Waals surface area contributed by atoms with Crippen molar-refractivity contribution in [3.63, 3.8) is 0 Å². The van der Waals surface area contributed by atoms with E-state index in [2.05, 4.69) is 0 Å². The minimum absolute atomic E-state index is 0.412. The maximum Gasteiger partial charge on any atom is 0.510 e. The predicted molar refractivity (Wildman–Crippen MR) is 61.2 cm³/mol. The first-order chi connectivity index (χ1) is 6.85. The van der Waals surface area contributed by atoms with Crippen LogP contribution in [0.4, 0.5) is 4.79 Å². The number of hydrogen-bond acceptors (Lipinski definition) is 4. The summed E-state index contributed by atoms with van der Waals surface area (Å²) in [4.78, 5) is 11.1. The van der Waals surface area contributed by atoms with Crippen molar-refractivity contribution in [3.05, 3.63) is 0 Å². The quantitative estimate of drug-likeness (QED) is 0.306. The lowest BCUT2D eigenvalue weighted by Crippen LogP contribution is -2.33. The molecule has 0 aliphatic heterocycles. The molecule has 0 saturated heterocycles. The summed E-state index contributed by atoms with van der Waals surface area (Å²) in [5, 5.41) is 0. The van der Waals surface area contributed by atoms with E-state index in [9.17, 15) is 4.79 Å². The second kappa shape index (κ2) is 6.84. The summed E-state index contributed by atoms with van der Waals surface area (Å²) in [6, 6.07) is 0. The van der Waals surface area contributed by atoms with Gasteiger partial charge in [-0.15, -0.1) is 0 Å². The highest BCUT2D eigenvalue weighted by Gasteiger charge is 2.20. The molecule has 90 valence electrons. The number of carbonyl (C=O) groups is 1. The van der Waals surface area contributed by atoms with Crippen LogP contribution >= 0.6 is 0 Å². The van der Waals surface area contributed by atoms with Crippen LogP contribution in [0.5, 0.6) is 0 Å². The van der Waals surface area contributed by atoms with Crippen molar-refractivity contribution in [1.29, 1.82) is 0 Å². The molecule has 0 spiro atoms. The van der Waals surface area contributed by atoms with Crippen molar-refractivity contribution in [2.45, 2.75) is 52.6 Å². The van der Waals surface area contributed by atoms with E-state index in [4.69, 9.17) is 13.9 Å². The van der Waals surface area contributed by atoms with Gasteiger partial charge in [-0.3, -0.25) is 0 Å². The molecule has 0 aliphatic rings. The minimum atomic E-state index is -1.66. The lowest BCUT2D eigenvalue weighted by atomic mass is 10.4. The highest BCUT2D eigenvalue weighted by molar-refractivity contribution is 6.69. The van der Waals surface area contributed by atoms with Crippen LogP contribution in [-0.4, -0.2) is 27.4 Å². The second-order valence-corrected chi connectivity index (χ2v) is 8.83. The summed E-state index contributed by atoms with van der Waals surface area (Å²) >= 11 is 0. The number of unbranched alkanes of at least 4 members (excludes halogenated alkanes) is 1. The van der Waals surface area contributed by atoms with Gasteiger partial charge in [-0.25, -0.2) is 4.79 Å². The number of hydrogen-bond donors (Lipinski definition) is 0. The first-order valence-electron chi connectivity index (χ1n) is 5.36. The van der Waals surface area contributed by atoms with Gasteiger partial charge in [0.2, 0.25) is 0 Å². The molecule has 0 aliphatic carbocycles. The Morgan fingerprint density at radius 2 is 1.93 bits per heavy atom. The Labute approximate surface area is 93.0 Å². The Bertz CT molecular complexity index is 188. The average molecular weight is 234 g/mol. The van der Waals surface area contributed by atoms with Gasteiger partial charge >= 0.3 is 6.16 Å². The van der Waals surface area contributed by atoms with E-state index in [0.717, 1.165) is 12.8 Å². The smallest absolute Gasteiger partial charge is 0.434 e. The third kappa shape index (κ3) is 9.74. The van der Waals surface area contributed by atoms with Gasteiger partial charge in [0.05, 0.1) is 6.61 Å². The number of ether oxygens (including phenoxy) is 2. The Balaban J connectivity index is 3.67. The molecule has 0 aromatic heterocycles. The van der Waals surface area contributed by atoms with Crippen molar-refractivity contribution in [2.75, 3.05) is 6.61 Å². The number of rotatable bonds is 6. The minimum Gasteiger partial charge on any atom is -0.434 e. The summed E-state index contributed by atoms with van der Waals surface area (Å²) in [6.45, 7) is 10.3. The fraction of sp³-hybridized carbons (Fsp3) is 0.900. The molecule has 0 amide bonds. The maximum absolute atomic E-state index is 11.1. The molecule has 0 radical (unpaired) electrons. The van der Waals surface area contributed by atoms with Crippen LogP contribution in [0.3, 0.4) is 0 Å². The molecule has 0 saturated carbocycles. The fourth-order valence-corrected chi connectivity index (χ4v) is 2.04. The van der Waals surface area contributed by atoms with Gasteiger partial charge in [0.1, 0.15) is 0 Å². The molecule has 15 heavy (non-hydrogen) atoms. The van der Waals surface area contributed by atoms with E-state index in [1.165, 1.54) is 0 Å². The summed E-state index contributed by atoms with van der Waals surface area (Å²) in [7, 11) is -1.66. The Morgan fingerprint density at radius 3 is 2.40 bits per heavy atom. The molecule has 0 aromatic carbocycles. The van der Waals surface area contributed by atoms with Gasteiger partial charge < -0.3 is 13.9 Å². The van der Waals surface area contributed by atoms with Crippen molar-refractivity contribution in [1.82, 2.24) is 0 Å². The van der Waals surface area contributed by atoms with Gasteiger partial charge in [-0.05, 0) is 33.0 Å². The monoisotopic (exact) mass is 234 g/mol. The number of carbonyl (C=O) groups excluding carboxylic acids is 1. The highest BCUT2D eigenvalue weighted by Crippen LogP contribution is 2.08. The molecule has 4 nitrogen and oxygen atoms in total. The molecule has 0 bridgehead atoms. The van der Waals surface area contributed by atoms with Crippen molar-refractivity contribution in [2.24, 2.45) is 0 Å². The van der Waals surface area contributed by atoms with Crippen LogP contribution < -0.4 is 0 Å². The topological polar surface area (TPSA) is 44.8 Å². The molecule has 1 unspecified atom stereocenters. The third-order valence-electron chi connectivity index (χ3n) is 1.50. The zero-order chi connectivity index (χ0) is 11.9. The predicted octanol–water partition coefficient (Wildman–Crippen LogP) is 3.14. The first-order valence-corrected chi connectivity index (χ1v) is 8.77. The second-order valence-electron chi connectivity index (χ2n) is 4.37. The molecule has 1 atom stereocenters. The SMILES string of the molecule is CCCCOC(=O)OC(C)O[Si](C)(C)C. The van der Waals surface area contributed by atoms with Gasteiger partial charge in [-0.2, -0.15) is 0 Å². The van der Waals surface area contributed by atoms with Crippen LogP contribution in [0.25, 0.3) is 0 Å². The van der Waals surface area contributed by atoms with E-state index >= 15 is 0 Å². The Morgan fingerprint density at radius 1 is 1.33 bits per heavy atom. The maximum atomic E-state index is 11.1. The normalized spacial score (nSPS) is 13.4. The molecule has 0 N–H and O–H groups in total. The molecular weight excluding hydrogens is 212 g/mol. The van der Waals surface area contributed by atoms with Crippen LogP contribution in [0, 0.1) is 0 Å². The van der Waals surface area contributed by atoms with Crippen molar-refractivity contribution >= 4 is 14.5 Å². The molecule has 0 aromatic rings. The lowest BCUT2D eigenvalue weighted by molar-refractivity contribution is -0.0575. The van der Waals surface area contributed by atoms with Crippen molar-refractivity contribution < 1.29 is 18.7 Å².